The van der Waals surface area contributed by atoms with E-state index in [0.717, 1.165) is 15.8 Å². The number of primary amides is 1. The molecule has 0 unspecified atom stereocenters. The maximum absolute atomic E-state index is 13.2. The van der Waals surface area contributed by atoms with Gasteiger partial charge in [-0.3, -0.25) is 19.4 Å². The van der Waals surface area contributed by atoms with Gasteiger partial charge >= 0.3 is 11.8 Å². The third-order valence-corrected chi connectivity index (χ3v) is 6.54. The molecule has 1 saturated heterocycles. The number of carbonyl (C=O) groups excluding carboxylic acids is 3. The number of amides is 3. The second-order valence-corrected chi connectivity index (χ2v) is 8.71. The molecule has 0 radical (unpaired) electrons. The minimum absolute atomic E-state index is 0.0466. The summed E-state index contributed by atoms with van der Waals surface area (Å²) < 4.78 is 6.70. The van der Waals surface area contributed by atoms with Gasteiger partial charge in [0.2, 0.25) is 5.91 Å². The Morgan fingerprint density at radius 2 is 2.06 bits per heavy atom. The first kappa shape index (κ1) is 21.8. The lowest BCUT2D eigenvalue weighted by molar-refractivity contribution is -0.149. The van der Waals surface area contributed by atoms with Gasteiger partial charge in [-0.25, -0.2) is 4.98 Å². The fourth-order valence-corrected chi connectivity index (χ4v) is 4.70. The molecule has 1 aliphatic heterocycles. The van der Waals surface area contributed by atoms with Crippen LogP contribution in [0.15, 0.2) is 42.2 Å². The molecule has 3 amide bonds. The van der Waals surface area contributed by atoms with Crippen molar-refractivity contribution in [1.29, 1.82) is 0 Å². The van der Waals surface area contributed by atoms with Gasteiger partial charge in [-0.05, 0) is 30.2 Å². The lowest BCUT2D eigenvalue weighted by Crippen LogP contribution is -2.50. The molecule has 9 nitrogen and oxygen atoms in total. The van der Waals surface area contributed by atoms with E-state index in [1.807, 2.05) is 25.1 Å². The highest BCUT2D eigenvalue weighted by Gasteiger charge is 2.39. The zero-order valence-corrected chi connectivity index (χ0v) is 18.5. The number of nitrogens with one attached hydrogen (secondary N) is 1. The molecule has 1 aromatic carbocycles. The summed E-state index contributed by atoms with van der Waals surface area (Å²) >= 11 is 1.55. The number of hydrogen-bond acceptors (Lipinski definition) is 7. The summed E-state index contributed by atoms with van der Waals surface area (Å²) in [6, 6.07) is 6.94. The van der Waals surface area contributed by atoms with Crippen molar-refractivity contribution in [2.24, 2.45) is 11.7 Å². The number of anilines is 1. The second-order valence-electron chi connectivity index (χ2n) is 7.82. The van der Waals surface area contributed by atoms with Crippen molar-refractivity contribution in [1.82, 2.24) is 14.9 Å². The zero-order chi connectivity index (χ0) is 22.8. The number of hydrogen-bond donors (Lipinski definition) is 2. The van der Waals surface area contributed by atoms with Crippen LogP contribution in [0.3, 0.4) is 0 Å². The smallest absolute Gasteiger partial charge is 0.313 e. The van der Waals surface area contributed by atoms with Crippen molar-refractivity contribution in [3.8, 4) is 0 Å². The number of piperidine rings is 1. The Balaban J connectivity index is 1.60. The third-order valence-electron chi connectivity index (χ3n) is 5.73. The molecule has 3 heterocycles. The van der Waals surface area contributed by atoms with Crippen LogP contribution in [0.25, 0.3) is 10.2 Å². The second kappa shape index (κ2) is 9.01. The van der Waals surface area contributed by atoms with Crippen LogP contribution in [-0.2, 0) is 14.3 Å². The van der Waals surface area contributed by atoms with Crippen molar-refractivity contribution >= 4 is 45.0 Å². The molecular weight excluding hydrogens is 430 g/mol. The minimum Gasteiger partial charge on any atom is -0.381 e. The first-order valence-electron chi connectivity index (χ1n) is 10.1. The fourth-order valence-electron chi connectivity index (χ4n) is 4.04. The highest BCUT2D eigenvalue weighted by Crippen LogP contribution is 2.36. The number of fused-ring (bicyclic) bond motifs is 1. The summed E-state index contributed by atoms with van der Waals surface area (Å²) in [4.78, 5) is 47.2. The molecule has 0 bridgehead atoms. The predicted molar refractivity (Wildman–Crippen MR) is 120 cm³/mol. The van der Waals surface area contributed by atoms with Gasteiger partial charge < -0.3 is 20.7 Å². The van der Waals surface area contributed by atoms with E-state index in [-0.39, 0.29) is 29.3 Å². The molecule has 2 aromatic heterocycles. The normalized spacial score (nSPS) is 20.8. The van der Waals surface area contributed by atoms with E-state index < -0.39 is 17.7 Å². The lowest BCUT2D eigenvalue weighted by atomic mass is 9.87. The number of aromatic nitrogens is 2. The number of nitrogens with zero attached hydrogens (tertiary/aromatic N) is 3. The first-order chi connectivity index (χ1) is 15.4. The highest BCUT2D eigenvalue weighted by atomic mass is 32.1. The van der Waals surface area contributed by atoms with Crippen molar-refractivity contribution in [3.05, 3.63) is 53.3 Å². The number of thiazole rings is 1. The molecule has 32 heavy (non-hydrogen) atoms. The number of nitrogens with two attached hydrogens (primary N) is 1. The number of benzene rings is 1. The Labute approximate surface area is 188 Å². The molecule has 10 heteroatoms. The van der Waals surface area contributed by atoms with E-state index in [1.54, 1.807) is 28.9 Å². The standard InChI is InChI=1S/C22H23N5O4S/c1-12-10-27(22(30)21(29)26-15-5-14(20(23)28)8-24-9-15)17(7-18(12)31-2)13-3-4-19-16(6-13)25-11-32-19/h3-6,8-9,11-12,17-18H,7,10H2,1-2H3,(H2,23,28)(H,26,29)/t12-,17-,18+/m0/s1. The van der Waals surface area contributed by atoms with Crippen LogP contribution in [0.2, 0.25) is 0 Å². The maximum Gasteiger partial charge on any atom is 0.313 e. The van der Waals surface area contributed by atoms with Gasteiger partial charge in [0.1, 0.15) is 0 Å². The molecule has 3 N–H and O–H groups in total. The van der Waals surface area contributed by atoms with E-state index in [0.29, 0.717) is 13.0 Å². The van der Waals surface area contributed by atoms with E-state index >= 15 is 0 Å². The van der Waals surface area contributed by atoms with Crippen LogP contribution in [0.1, 0.15) is 35.3 Å². The van der Waals surface area contributed by atoms with E-state index in [1.165, 1.54) is 18.5 Å². The largest absolute Gasteiger partial charge is 0.381 e. The summed E-state index contributed by atoms with van der Waals surface area (Å²) in [6.45, 7) is 2.36. The number of pyridine rings is 1. The molecule has 166 valence electrons. The zero-order valence-electron chi connectivity index (χ0n) is 17.6. The summed E-state index contributed by atoms with van der Waals surface area (Å²) in [5, 5.41) is 2.53. The molecule has 0 aliphatic carbocycles. The van der Waals surface area contributed by atoms with Gasteiger partial charge in [0, 0.05) is 25.8 Å². The van der Waals surface area contributed by atoms with Gasteiger partial charge in [0.25, 0.3) is 0 Å². The van der Waals surface area contributed by atoms with E-state index in [9.17, 15) is 14.4 Å². The van der Waals surface area contributed by atoms with Crippen molar-refractivity contribution in [2.45, 2.75) is 25.5 Å². The van der Waals surface area contributed by atoms with Crippen LogP contribution in [0, 0.1) is 5.92 Å². The number of likely N-dealkylation sites (tertiary alicyclic amines) is 1. The van der Waals surface area contributed by atoms with E-state index in [2.05, 4.69) is 15.3 Å². The van der Waals surface area contributed by atoms with E-state index in [4.69, 9.17) is 10.5 Å². The molecule has 0 spiro atoms. The SMILES string of the molecule is CO[C@@H]1C[C@@H](c2ccc3scnc3c2)N(C(=O)C(=O)Nc2cncc(C(N)=O)c2)C[C@@H]1C. The van der Waals surface area contributed by atoms with Crippen molar-refractivity contribution in [2.75, 3.05) is 19.0 Å². The first-order valence-corrected chi connectivity index (χ1v) is 11.0. The number of rotatable bonds is 4. The van der Waals surface area contributed by atoms with Crippen LogP contribution >= 0.6 is 11.3 Å². The highest BCUT2D eigenvalue weighted by molar-refractivity contribution is 7.16. The third kappa shape index (κ3) is 4.32. The summed E-state index contributed by atoms with van der Waals surface area (Å²) in [6.07, 6.45) is 3.16. The Morgan fingerprint density at radius 1 is 1.25 bits per heavy atom. The van der Waals surface area contributed by atoms with Crippen LogP contribution in [0.5, 0.6) is 0 Å². The number of methoxy groups -OCH3 is 1. The minimum atomic E-state index is -0.809. The molecule has 3 atom stereocenters. The number of carbonyl (C=O) groups is 3. The topological polar surface area (TPSA) is 128 Å². The molecule has 1 fully saturated rings. The summed E-state index contributed by atoms with van der Waals surface area (Å²) in [7, 11) is 1.66. The fraction of sp³-hybridized carbons (Fsp3) is 0.318. The lowest BCUT2D eigenvalue weighted by Gasteiger charge is -2.42. The Hall–Kier alpha value is -3.37. The van der Waals surface area contributed by atoms with Crippen molar-refractivity contribution < 1.29 is 19.1 Å². The van der Waals surface area contributed by atoms with Gasteiger partial charge in [0.05, 0.1) is 45.3 Å². The van der Waals surface area contributed by atoms with Crippen LogP contribution in [-0.4, -0.2) is 52.3 Å². The molecule has 0 saturated carbocycles. The molecule has 1 aliphatic rings. The Bertz CT molecular complexity index is 1180. The molecule has 3 aromatic rings. The van der Waals surface area contributed by atoms with Gasteiger partial charge in [-0.15, -0.1) is 11.3 Å². The quantitative estimate of drug-likeness (QED) is 0.584. The predicted octanol–water partition coefficient (Wildman–Crippen LogP) is 2.35. The average Bonchev–Trinajstić information content (AvgIpc) is 3.26. The Kier molecular flexibility index (Phi) is 6.15. The summed E-state index contributed by atoms with van der Waals surface area (Å²) in [5.74, 6) is -2.10. The monoisotopic (exact) mass is 453 g/mol. The maximum atomic E-state index is 13.2. The van der Waals surface area contributed by atoms with Crippen molar-refractivity contribution in [3.63, 3.8) is 0 Å². The van der Waals surface area contributed by atoms with Gasteiger partial charge in [0.15, 0.2) is 0 Å². The van der Waals surface area contributed by atoms with Gasteiger partial charge in [-0.1, -0.05) is 13.0 Å². The summed E-state index contributed by atoms with van der Waals surface area (Å²) in [5.41, 5.74) is 9.15. The number of ether oxygens (including phenoxy) is 1. The molecule has 4 rings (SSSR count). The van der Waals surface area contributed by atoms with Crippen LogP contribution < -0.4 is 11.1 Å². The average molecular weight is 454 g/mol. The Morgan fingerprint density at radius 3 is 2.81 bits per heavy atom. The molecular formula is C22H23N5O4S. The van der Waals surface area contributed by atoms with Crippen LogP contribution in [0.4, 0.5) is 5.69 Å². The van der Waals surface area contributed by atoms with Gasteiger partial charge in [-0.2, -0.15) is 0 Å².